The normalized spacial score (nSPS) is 11.3. The van der Waals surface area contributed by atoms with Gasteiger partial charge in [-0.1, -0.05) is 12.1 Å². The Labute approximate surface area is 447 Å². The molecule has 4 amide bonds. The van der Waals surface area contributed by atoms with Crippen molar-refractivity contribution in [1.29, 1.82) is 0 Å². The van der Waals surface area contributed by atoms with Crippen molar-refractivity contribution in [3.8, 4) is 11.5 Å². The molecule has 0 aromatic heterocycles. The van der Waals surface area contributed by atoms with Crippen molar-refractivity contribution >= 4 is 95.0 Å². The molecule has 21 nitrogen and oxygen atoms in total. The molecule has 70 heavy (non-hydrogen) atoms. The van der Waals surface area contributed by atoms with Gasteiger partial charge in [0.2, 0.25) is 0 Å². The standard InChI is InChI=1S/C45H44N10O11S2.2Na/c1-23-13-39(41(65-5)21-33(23)52-54-37-19-31(67(59,60)61)17-35(25(37)3)48-43(56)27-9-7-11-29(46)15-27)50-45(58)51-40-14-24(2)34(22-42(40)66-6)53-55-38-20-32(68(62,63)64)18-36(26(38)4)49-44(57)28-10-8-12-30(47)16-28;;/h7-22H,46-47H2,1-6H3,(H,48,56)(H,49,57)(H2,50,51,58)(H,59,60,61)(H,62,63,64);;/q;2*+1/p-2. The van der Waals surface area contributed by atoms with Gasteiger partial charge in [0.05, 0.1) is 58.1 Å². The van der Waals surface area contributed by atoms with E-state index in [-0.39, 0.29) is 127 Å². The van der Waals surface area contributed by atoms with E-state index in [1.54, 1.807) is 64.1 Å². The number of hydrogen-bond acceptors (Lipinski definition) is 17. The van der Waals surface area contributed by atoms with Crippen LogP contribution in [-0.2, 0) is 20.2 Å². The van der Waals surface area contributed by atoms with Gasteiger partial charge in [0.25, 0.3) is 11.8 Å². The number of methoxy groups -OCH3 is 2. The van der Waals surface area contributed by atoms with Gasteiger partial charge in [-0.2, -0.15) is 20.5 Å². The van der Waals surface area contributed by atoms with Crippen LogP contribution in [-0.4, -0.2) is 58.0 Å². The average Bonchev–Trinajstić information content (AvgIpc) is 3.27. The van der Waals surface area contributed by atoms with Gasteiger partial charge < -0.3 is 51.3 Å². The Kier molecular flexibility index (Phi) is 19.0. The molecule has 352 valence electrons. The van der Waals surface area contributed by atoms with Crippen LogP contribution in [0.3, 0.4) is 0 Å². The van der Waals surface area contributed by atoms with Gasteiger partial charge in [-0.05, 0) is 112 Å². The maximum absolute atomic E-state index is 13.4. The molecule has 0 fully saturated rings. The first-order chi connectivity index (χ1) is 32.0. The molecule has 0 aliphatic carbocycles. The Morgan fingerprint density at radius 2 is 0.857 bits per heavy atom. The fourth-order valence-electron chi connectivity index (χ4n) is 6.45. The van der Waals surface area contributed by atoms with Crippen molar-refractivity contribution in [1.82, 2.24) is 0 Å². The summed E-state index contributed by atoms with van der Waals surface area (Å²) in [6.45, 7) is 6.43. The van der Waals surface area contributed by atoms with Crippen LogP contribution >= 0.6 is 0 Å². The Balaban J connectivity index is 0.00000533. The van der Waals surface area contributed by atoms with Crippen molar-refractivity contribution in [2.75, 3.05) is 47.0 Å². The molecule has 0 atom stereocenters. The second kappa shape index (κ2) is 23.6. The van der Waals surface area contributed by atoms with E-state index in [2.05, 4.69) is 41.7 Å². The van der Waals surface area contributed by atoms with Gasteiger partial charge >= 0.3 is 65.1 Å². The first-order valence-electron chi connectivity index (χ1n) is 19.9. The van der Waals surface area contributed by atoms with E-state index in [4.69, 9.17) is 20.9 Å². The molecule has 0 radical (unpaired) electrons. The number of azo groups is 2. The number of nitrogens with one attached hydrogen (secondary N) is 4. The summed E-state index contributed by atoms with van der Waals surface area (Å²) in [6, 6.07) is 21.6. The Hall–Kier alpha value is -6.25. The number of nitrogen functional groups attached to an aromatic ring is 2. The zero-order chi connectivity index (χ0) is 49.7. The molecule has 0 saturated carbocycles. The molecule has 0 bridgehead atoms. The predicted octanol–water partition coefficient (Wildman–Crippen LogP) is 2.90. The predicted molar refractivity (Wildman–Crippen MR) is 252 cm³/mol. The third kappa shape index (κ3) is 14.0. The van der Waals surface area contributed by atoms with Crippen LogP contribution in [0.2, 0.25) is 0 Å². The summed E-state index contributed by atoms with van der Waals surface area (Å²) in [5, 5.41) is 27.6. The molecule has 0 unspecified atom stereocenters. The number of hydrogen-bond donors (Lipinski definition) is 6. The van der Waals surface area contributed by atoms with Crippen LogP contribution < -0.4 is 101 Å². The van der Waals surface area contributed by atoms with Crippen molar-refractivity contribution in [3.05, 3.63) is 130 Å². The molecule has 6 rings (SSSR count). The maximum atomic E-state index is 13.4. The fourth-order valence-corrected chi connectivity index (χ4v) is 7.48. The van der Waals surface area contributed by atoms with E-state index in [0.717, 1.165) is 24.3 Å². The van der Waals surface area contributed by atoms with Gasteiger partial charge in [0.1, 0.15) is 31.7 Å². The number of nitrogens with two attached hydrogens (primary N) is 2. The smallest absolute Gasteiger partial charge is 0.744 e. The van der Waals surface area contributed by atoms with E-state index < -0.39 is 47.9 Å². The molecule has 0 saturated heterocycles. The topological polar surface area (TPSA) is 334 Å². The monoisotopic (exact) mass is 1010 g/mol. The number of urea groups is 1. The number of benzene rings is 6. The summed E-state index contributed by atoms with van der Waals surface area (Å²) in [5.41, 5.74) is 15.0. The molecular formula is C45H42N10Na2O11S2. The van der Waals surface area contributed by atoms with Crippen LogP contribution in [0.15, 0.2) is 127 Å². The number of rotatable bonds is 14. The molecule has 8 N–H and O–H groups in total. The Bertz CT molecular complexity index is 3100. The first-order valence-corrected chi connectivity index (χ1v) is 22.7. The third-order valence-corrected chi connectivity index (χ3v) is 11.8. The number of carbonyl (C=O) groups excluding carboxylic acids is 3. The van der Waals surface area contributed by atoms with Crippen LogP contribution in [0.5, 0.6) is 11.5 Å². The zero-order valence-electron chi connectivity index (χ0n) is 39.0. The average molecular weight is 1010 g/mol. The minimum Gasteiger partial charge on any atom is -0.744 e. The summed E-state index contributed by atoms with van der Waals surface area (Å²) in [6.07, 6.45) is 0. The SMILES string of the molecule is COc1cc(N=Nc2cc(S(=O)(=O)[O-])cc(NC(=O)c3cccc(N)c3)c2C)c(C)cc1NC(=O)Nc1cc(C)c(N=Nc2cc(S(=O)(=O)[O-])cc(NC(=O)c3cccc(N)c3)c2C)cc1OC.[Na+].[Na+]. The minimum absolute atomic E-state index is 0. The van der Waals surface area contributed by atoms with E-state index in [0.29, 0.717) is 33.6 Å². The van der Waals surface area contributed by atoms with Crippen molar-refractivity contribution in [2.24, 2.45) is 20.5 Å². The second-order valence-corrected chi connectivity index (χ2v) is 17.7. The van der Waals surface area contributed by atoms with Gasteiger partial charge in [-0.25, -0.2) is 21.6 Å². The molecule has 6 aromatic rings. The van der Waals surface area contributed by atoms with Gasteiger partial charge in [0, 0.05) is 57.1 Å². The first kappa shape index (κ1) is 56.3. The largest absolute Gasteiger partial charge is 1.00 e. The zero-order valence-corrected chi connectivity index (χ0v) is 44.6. The summed E-state index contributed by atoms with van der Waals surface area (Å²) in [7, 11) is -7.29. The number of anilines is 6. The molecular weight excluding hydrogens is 967 g/mol. The maximum Gasteiger partial charge on any atom is 1.00 e. The number of amides is 4. The molecule has 0 heterocycles. The van der Waals surface area contributed by atoms with Gasteiger partial charge in [-0.3, -0.25) is 9.59 Å². The molecule has 0 spiro atoms. The quantitative estimate of drug-likeness (QED) is 0.0396. The van der Waals surface area contributed by atoms with Crippen LogP contribution in [0.1, 0.15) is 43.0 Å². The van der Waals surface area contributed by atoms with E-state index in [9.17, 15) is 40.3 Å². The molecule has 0 aliphatic rings. The Morgan fingerprint density at radius 3 is 1.19 bits per heavy atom. The van der Waals surface area contributed by atoms with E-state index in [1.165, 1.54) is 50.6 Å². The summed E-state index contributed by atoms with van der Waals surface area (Å²) in [4.78, 5) is 38.1. The van der Waals surface area contributed by atoms with Crippen molar-refractivity contribution in [3.63, 3.8) is 0 Å². The van der Waals surface area contributed by atoms with Crippen LogP contribution in [0.4, 0.5) is 61.7 Å². The second-order valence-electron chi connectivity index (χ2n) is 15.0. The van der Waals surface area contributed by atoms with E-state index >= 15 is 0 Å². The van der Waals surface area contributed by atoms with Crippen molar-refractivity contribution in [2.45, 2.75) is 37.5 Å². The van der Waals surface area contributed by atoms with Gasteiger partial charge in [0.15, 0.2) is 0 Å². The summed E-state index contributed by atoms with van der Waals surface area (Å²) >= 11 is 0. The summed E-state index contributed by atoms with van der Waals surface area (Å²) < 4.78 is 83.7. The number of ether oxygens (including phenoxy) is 2. The molecule has 0 aliphatic heterocycles. The minimum atomic E-state index is -5.00. The number of aryl methyl sites for hydroxylation is 2. The fraction of sp³-hybridized carbons (Fsp3) is 0.133. The third-order valence-electron chi connectivity index (χ3n) is 10.1. The van der Waals surface area contributed by atoms with Gasteiger partial charge in [-0.15, -0.1) is 0 Å². The van der Waals surface area contributed by atoms with Crippen LogP contribution in [0.25, 0.3) is 0 Å². The molecule has 25 heteroatoms. The van der Waals surface area contributed by atoms with Crippen molar-refractivity contribution < 1.29 is 109 Å². The Morgan fingerprint density at radius 1 is 0.500 bits per heavy atom. The van der Waals surface area contributed by atoms with Crippen LogP contribution in [0, 0.1) is 27.7 Å². The summed E-state index contributed by atoms with van der Waals surface area (Å²) in [5.74, 6) is -0.925. The van der Waals surface area contributed by atoms with E-state index in [1.807, 2.05) is 0 Å². The number of carbonyl (C=O) groups is 3. The number of nitrogens with zero attached hydrogens (tertiary/aromatic N) is 4. The molecule has 6 aromatic carbocycles.